The Morgan fingerprint density at radius 1 is 1.13 bits per heavy atom. The minimum Gasteiger partial charge on any atom is -0.492 e. The van der Waals surface area contributed by atoms with Gasteiger partial charge in [0.1, 0.15) is 5.75 Å². The van der Waals surface area contributed by atoms with Gasteiger partial charge >= 0.3 is 0 Å². The zero-order chi connectivity index (χ0) is 21.8. The number of hydrogen-bond acceptors (Lipinski definition) is 4. The van der Waals surface area contributed by atoms with Gasteiger partial charge in [-0.1, -0.05) is 47.9 Å². The average molecular weight is 451 g/mol. The van der Waals surface area contributed by atoms with E-state index in [1.807, 2.05) is 48.7 Å². The lowest BCUT2D eigenvalue weighted by molar-refractivity contribution is -0.122. The fourth-order valence-corrected chi connectivity index (χ4v) is 4.44. The Morgan fingerprint density at radius 3 is 2.71 bits per heavy atom. The van der Waals surface area contributed by atoms with Gasteiger partial charge < -0.3 is 9.30 Å². The summed E-state index contributed by atoms with van der Waals surface area (Å²) in [6.07, 6.45) is 9.81. The summed E-state index contributed by atoms with van der Waals surface area (Å²) in [5.74, 6) is 2.67. The number of nitrogens with zero attached hydrogens (tertiary/aromatic N) is 2. The van der Waals surface area contributed by atoms with Crippen LogP contribution < -0.4 is 4.74 Å². The van der Waals surface area contributed by atoms with Crippen molar-refractivity contribution in [2.45, 2.75) is 13.0 Å². The van der Waals surface area contributed by atoms with Gasteiger partial charge in [-0.2, -0.15) is 0 Å². The highest BCUT2D eigenvalue weighted by Gasteiger charge is 2.34. The van der Waals surface area contributed by atoms with Crippen molar-refractivity contribution in [3.05, 3.63) is 70.2 Å². The minimum absolute atomic E-state index is 0.0187. The number of ether oxygens (including phenoxy) is 1. The molecule has 1 aromatic heterocycles. The number of carbonyl (C=O) groups excluding carboxylic acids is 2. The van der Waals surface area contributed by atoms with E-state index in [0.29, 0.717) is 22.3 Å². The standard InChI is InChI=1S/C24H19ClN2O3S/c1-2-12-27-23(28)22(31-24(27)29)15-17-16-26(20-10-5-3-8-18(17)20)13-7-14-30-21-11-6-4-9-19(21)25/h1,3-6,8-11,15-16H,7,12-14H2/b22-15-. The summed E-state index contributed by atoms with van der Waals surface area (Å²) in [5.41, 5.74) is 1.93. The Labute approximate surface area is 189 Å². The number of terminal acetylenes is 1. The van der Waals surface area contributed by atoms with Crippen LogP contribution in [0.4, 0.5) is 4.79 Å². The highest BCUT2D eigenvalue weighted by atomic mass is 35.5. The lowest BCUT2D eigenvalue weighted by atomic mass is 10.1. The van der Waals surface area contributed by atoms with Crippen LogP contribution in [-0.2, 0) is 11.3 Å². The van der Waals surface area contributed by atoms with Crippen molar-refractivity contribution in [1.29, 1.82) is 0 Å². The van der Waals surface area contributed by atoms with Gasteiger partial charge in [-0.05, 0) is 42.5 Å². The fraction of sp³-hybridized carbons (Fsp3) is 0.167. The molecule has 2 aromatic carbocycles. The summed E-state index contributed by atoms with van der Waals surface area (Å²) in [4.78, 5) is 26.0. The number of thioether (sulfide) groups is 1. The Kier molecular flexibility index (Phi) is 6.36. The first-order valence-corrected chi connectivity index (χ1v) is 10.9. The number of halogens is 1. The van der Waals surface area contributed by atoms with Crippen molar-refractivity contribution >= 4 is 51.5 Å². The van der Waals surface area contributed by atoms with Crippen LogP contribution in [0.3, 0.4) is 0 Å². The maximum absolute atomic E-state index is 12.5. The molecule has 156 valence electrons. The number of para-hydroxylation sites is 2. The molecule has 3 aromatic rings. The quantitative estimate of drug-likeness (QED) is 0.273. The third-order valence-corrected chi connectivity index (χ3v) is 6.09. The zero-order valence-electron chi connectivity index (χ0n) is 16.6. The molecule has 2 heterocycles. The smallest absolute Gasteiger partial charge is 0.294 e. The van der Waals surface area contributed by atoms with E-state index in [-0.39, 0.29) is 17.7 Å². The number of rotatable bonds is 7. The molecule has 0 atom stereocenters. The molecule has 1 fully saturated rings. The van der Waals surface area contributed by atoms with Crippen LogP contribution in [0.5, 0.6) is 5.75 Å². The first-order valence-electron chi connectivity index (χ1n) is 9.72. The molecule has 1 aliphatic heterocycles. The number of aryl methyl sites for hydroxylation is 1. The number of carbonyl (C=O) groups is 2. The number of aromatic nitrogens is 1. The molecule has 0 N–H and O–H groups in total. The molecule has 31 heavy (non-hydrogen) atoms. The molecule has 0 saturated carbocycles. The monoisotopic (exact) mass is 450 g/mol. The van der Waals surface area contributed by atoms with E-state index in [1.54, 1.807) is 12.1 Å². The van der Waals surface area contributed by atoms with Crippen molar-refractivity contribution in [2.75, 3.05) is 13.2 Å². The van der Waals surface area contributed by atoms with E-state index in [4.69, 9.17) is 22.8 Å². The second kappa shape index (κ2) is 9.34. The van der Waals surface area contributed by atoms with Crippen LogP contribution >= 0.6 is 23.4 Å². The lowest BCUT2D eigenvalue weighted by Crippen LogP contribution is -2.28. The Bertz CT molecular complexity index is 1230. The van der Waals surface area contributed by atoms with Gasteiger partial charge in [0, 0.05) is 29.2 Å². The van der Waals surface area contributed by atoms with Gasteiger partial charge in [0.25, 0.3) is 11.1 Å². The maximum atomic E-state index is 12.5. The number of imide groups is 1. The van der Waals surface area contributed by atoms with E-state index in [1.165, 1.54) is 0 Å². The molecule has 2 amide bonds. The summed E-state index contributed by atoms with van der Waals surface area (Å²) in [6, 6.07) is 15.4. The van der Waals surface area contributed by atoms with E-state index >= 15 is 0 Å². The van der Waals surface area contributed by atoms with Crippen LogP contribution in [0.2, 0.25) is 5.02 Å². The molecule has 0 spiro atoms. The topological polar surface area (TPSA) is 51.5 Å². The third kappa shape index (κ3) is 4.48. The first kappa shape index (κ1) is 21.1. The number of amides is 2. The van der Waals surface area contributed by atoms with Crippen molar-refractivity contribution in [3.8, 4) is 18.1 Å². The summed E-state index contributed by atoms with van der Waals surface area (Å²) in [5, 5.41) is 1.27. The average Bonchev–Trinajstić information content (AvgIpc) is 3.25. The van der Waals surface area contributed by atoms with E-state index in [2.05, 4.69) is 10.5 Å². The molecular weight excluding hydrogens is 432 g/mol. The molecule has 0 unspecified atom stereocenters. The zero-order valence-corrected chi connectivity index (χ0v) is 18.2. The molecule has 7 heteroatoms. The SMILES string of the molecule is C#CCN1C(=O)S/C(=C\c2cn(CCCOc3ccccc3Cl)c3ccccc23)C1=O. The van der Waals surface area contributed by atoms with Crippen LogP contribution in [0.1, 0.15) is 12.0 Å². The second-order valence-corrected chi connectivity index (χ2v) is 8.30. The highest BCUT2D eigenvalue weighted by molar-refractivity contribution is 8.18. The summed E-state index contributed by atoms with van der Waals surface area (Å²) in [6.45, 7) is 1.24. The summed E-state index contributed by atoms with van der Waals surface area (Å²) < 4.78 is 7.91. The van der Waals surface area contributed by atoms with Crippen molar-refractivity contribution in [1.82, 2.24) is 9.47 Å². The maximum Gasteiger partial charge on any atom is 0.294 e. The number of benzene rings is 2. The van der Waals surface area contributed by atoms with Gasteiger partial charge in [-0.15, -0.1) is 6.42 Å². The van der Waals surface area contributed by atoms with Gasteiger partial charge in [-0.25, -0.2) is 0 Å². The summed E-state index contributed by atoms with van der Waals surface area (Å²) >= 11 is 7.05. The van der Waals surface area contributed by atoms with Gasteiger partial charge in [-0.3, -0.25) is 14.5 Å². The van der Waals surface area contributed by atoms with Gasteiger partial charge in [0.05, 0.1) is 23.1 Å². The van der Waals surface area contributed by atoms with Crippen molar-refractivity contribution in [2.24, 2.45) is 0 Å². The van der Waals surface area contributed by atoms with Gasteiger partial charge in [0.15, 0.2) is 0 Å². The second-order valence-electron chi connectivity index (χ2n) is 6.90. The fourth-order valence-electron chi connectivity index (χ4n) is 3.42. The van der Waals surface area contributed by atoms with Gasteiger partial charge in [0.2, 0.25) is 0 Å². The van der Waals surface area contributed by atoms with E-state index in [0.717, 1.165) is 46.1 Å². The normalized spacial score (nSPS) is 15.1. The molecule has 4 rings (SSSR count). The van der Waals surface area contributed by atoms with E-state index in [9.17, 15) is 9.59 Å². The molecule has 0 bridgehead atoms. The third-order valence-electron chi connectivity index (χ3n) is 4.87. The van der Waals surface area contributed by atoms with Crippen LogP contribution in [0, 0.1) is 12.3 Å². The molecule has 0 radical (unpaired) electrons. The van der Waals surface area contributed by atoms with E-state index < -0.39 is 0 Å². The van der Waals surface area contributed by atoms with Crippen LogP contribution in [0.25, 0.3) is 17.0 Å². The molecule has 1 saturated heterocycles. The predicted octanol–water partition coefficient (Wildman–Crippen LogP) is 5.43. The van der Waals surface area contributed by atoms with Crippen LogP contribution in [-0.4, -0.2) is 33.8 Å². The lowest BCUT2D eigenvalue weighted by Gasteiger charge is -2.09. The Hall–Kier alpha value is -3.14. The largest absolute Gasteiger partial charge is 0.492 e. The number of hydrogen-bond donors (Lipinski definition) is 0. The minimum atomic E-state index is -0.349. The Morgan fingerprint density at radius 2 is 1.90 bits per heavy atom. The Balaban J connectivity index is 1.51. The van der Waals surface area contributed by atoms with Crippen molar-refractivity contribution in [3.63, 3.8) is 0 Å². The van der Waals surface area contributed by atoms with Crippen LogP contribution in [0.15, 0.2) is 59.6 Å². The molecule has 1 aliphatic rings. The molecular formula is C24H19ClN2O3S. The molecule has 0 aliphatic carbocycles. The van der Waals surface area contributed by atoms with Crippen molar-refractivity contribution < 1.29 is 14.3 Å². The first-order chi connectivity index (χ1) is 15.1. The predicted molar refractivity (Wildman–Crippen MR) is 125 cm³/mol. The molecule has 5 nitrogen and oxygen atoms in total. The highest BCUT2D eigenvalue weighted by Crippen LogP contribution is 2.34. The number of fused-ring (bicyclic) bond motifs is 1. The summed E-state index contributed by atoms with van der Waals surface area (Å²) in [7, 11) is 0.